The third-order valence-electron chi connectivity index (χ3n) is 5.07. The van der Waals surface area contributed by atoms with Crippen LogP contribution in [0.15, 0.2) is 54.6 Å². The third kappa shape index (κ3) is 4.17. The van der Waals surface area contributed by atoms with Crippen molar-refractivity contribution in [3.8, 4) is 5.75 Å². The molecular weight excluding hydrogens is 326 g/mol. The number of benzene rings is 2. The summed E-state index contributed by atoms with van der Waals surface area (Å²) in [6.45, 7) is 2.67. The Bertz CT molecular complexity index is 725. The van der Waals surface area contributed by atoms with Crippen molar-refractivity contribution in [1.29, 1.82) is 0 Å². The predicted octanol–water partition coefficient (Wildman–Crippen LogP) is 2.89. The number of likely N-dealkylation sites (N-methyl/N-ethyl adjacent to an activating group) is 1. The van der Waals surface area contributed by atoms with Gasteiger partial charge in [-0.3, -0.25) is 9.69 Å². The Kier molecular flexibility index (Phi) is 5.78. The second-order valence-corrected chi connectivity index (χ2v) is 6.78. The SMILES string of the molecule is CNC(=O)C1(Nc2cccc(OC)c2)CCN(Cc2ccccc2)CC1. The van der Waals surface area contributed by atoms with Crippen molar-refractivity contribution in [2.75, 3.05) is 32.6 Å². The quantitative estimate of drug-likeness (QED) is 0.838. The maximum absolute atomic E-state index is 12.7. The molecule has 1 fully saturated rings. The number of likely N-dealkylation sites (tertiary alicyclic amines) is 1. The Hall–Kier alpha value is -2.53. The van der Waals surface area contributed by atoms with Crippen molar-refractivity contribution in [2.45, 2.75) is 24.9 Å². The number of carbonyl (C=O) groups is 1. The van der Waals surface area contributed by atoms with Crippen LogP contribution >= 0.6 is 0 Å². The van der Waals surface area contributed by atoms with E-state index in [1.165, 1.54) is 5.56 Å². The second-order valence-electron chi connectivity index (χ2n) is 6.78. The van der Waals surface area contributed by atoms with Crippen LogP contribution in [-0.4, -0.2) is 43.6 Å². The second kappa shape index (κ2) is 8.23. The fourth-order valence-electron chi connectivity index (χ4n) is 3.56. The fraction of sp³-hybridized carbons (Fsp3) is 0.381. The lowest BCUT2D eigenvalue weighted by Crippen LogP contribution is -2.57. The largest absolute Gasteiger partial charge is 0.497 e. The highest BCUT2D eigenvalue weighted by Gasteiger charge is 2.40. The molecule has 1 amide bonds. The lowest BCUT2D eigenvalue weighted by Gasteiger charge is -2.41. The summed E-state index contributed by atoms with van der Waals surface area (Å²) < 4.78 is 5.30. The number of nitrogens with one attached hydrogen (secondary N) is 2. The van der Waals surface area contributed by atoms with Crippen LogP contribution < -0.4 is 15.4 Å². The molecule has 3 rings (SSSR count). The van der Waals surface area contributed by atoms with Crippen molar-refractivity contribution in [3.63, 3.8) is 0 Å². The van der Waals surface area contributed by atoms with Crippen LogP contribution in [0.25, 0.3) is 0 Å². The van der Waals surface area contributed by atoms with E-state index in [0.717, 1.165) is 43.9 Å². The van der Waals surface area contributed by atoms with E-state index in [9.17, 15) is 4.79 Å². The minimum Gasteiger partial charge on any atom is -0.497 e. The molecule has 0 unspecified atom stereocenters. The smallest absolute Gasteiger partial charge is 0.245 e. The first-order valence-electron chi connectivity index (χ1n) is 9.06. The van der Waals surface area contributed by atoms with Crippen molar-refractivity contribution >= 4 is 11.6 Å². The number of hydrogen-bond donors (Lipinski definition) is 2. The normalized spacial score (nSPS) is 16.7. The Balaban J connectivity index is 1.70. The van der Waals surface area contributed by atoms with Crippen LogP contribution in [0.4, 0.5) is 5.69 Å². The van der Waals surface area contributed by atoms with Crippen LogP contribution in [0.1, 0.15) is 18.4 Å². The first-order chi connectivity index (χ1) is 12.6. The summed E-state index contributed by atoms with van der Waals surface area (Å²) in [5.74, 6) is 0.822. The van der Waals surface area contributed by atoms with Crippen LogP contribution in [0.5, 0.6) is 5.75 Å². The van der Waals surface area contributed by atoms with Gasteiger partial charge in [-0.25, -0.2) is 0 Å². The summed E-state index contributed by atoms with van der Waals surface area (Å²) in [6, 6.07) is 18.2. The van der Waals surface area contributed by atoms with E-state index in [1.807, 2.05) is 30.3 Å². The molecule has 0 aliphatic carbocycles. The number of amides is 1. The fourth-order valence-corrected chi connectivity index (χ4v) is 3.56. The summed E-state index contributed by atoms with van der Waals surface area (Å²) >= 11 is 0. The van der Waals surface area contributed by atoms with E-state index in [4.69, 9.17) is 4.74 Å². The monoisotopic (exact) mass is 353 g/mol. The topological polar surface area (TPSA) is 53.6 Å². The van der Waals surface area contributed by atoms with Gasteiger partial charge in [0.1, 0.15) is 11.3 Å². The van der Waals surface area contributed by atoms with E-state index in [-0.39, 0.29) is 5.91 Å². The van der Waals surface area contributed by atoms with Crippen molar-refractivity contribution in [2.24, 2.45) is 0 Å². The first-order valence-corrected chi connectivity index (χ1v) is 9.06. The maximum Gasteiger partial charge on any atom is 0.245 e. The Morgan fingerprint density at radius 2 is 1.85 bits per heavy atom. The first kappa shape index (κ1) is 18.3. The van der Waals surface area contributed by atoms with E-state index in [0.29, 0.717) is 0 Å². The molecule has 5 heteroatoms. The molecule has 138 valence electrons. The Morgan fingerprint density at radius 3 is 2.50 bits per heavy atom. The minimum absolute atomic E-state index is 0.0414. The zero-order chi connectivity index (χ0) is 18.4. The van der Waals surface area contributed by atoms with E-state index < -0.39 is 5.54 Å². The number of rotatable bonds is 6. The zero-order valence-corrected chi connectivity index (χ0v) is 15.5. The van der Waals surface area contributed by atoms with Crippen LogP contribution in [0.2, 0.25) is 0 Å². The lowest BCUT2D eigenvalue weighted by molar-refractivity contribution is -0.126. The van der Waals surface area contributed by atoms with Gasteiger partial charge in [-0.1, -0.05) is 36.4 Å². The number of nitrogens with zero attached hydrogens (tertiary/aromatic N) is 1. The van der Waals surface area contributed by atoms with Crippen molar-refractivity contribution < 1.29 is 9.53 Å². The summed E-state index contributed by atoms with van der Waals surface area (Å²) in [5.41, 5.74) is 1.62. The molecule has 1 aliphatic rings. The van der Waals surface area contributed by atoms with Crippen molar-refractivity contribution in [1.82, 2.24) is 10.2 Å². The number of anilines is 1. The predicted molar refractivity (Wildman–Crippen MR) is 104 cm³/mol. The number of carbonyl (C=O) groups excluding carboxylic acids is 1. The van der Waals surface area contributed by atoms with Gasteiger partial charge in [0.05, 0.1) is 7.11 Å². The van der Waals surface area contributed by atoms with Gasteiger partial charge in [0.2, 0.25) is 5.91 Å². The van der Waals surface area contributed by atoms with Crippen molar-refractivity contribution in [3.05, 3.63) is 60.2 Å². The minimum atomic E-state index is -0.589. The van der Waals surface area contributed by atoms with Gasteiger partial charge in [0.15, 0.2) is 0 Å². The summed E-state index contributed by atoms with van der Waals surface area (Å²) in [5, 5.41) is 6.32. The zero-order valence-electron chi connectivity index (χ0n) is 15.5. The molecule has 1 saturated heterocycles. The molecule has 26 heavy (non-hydrogen) atoms. The van der Waals surface area contributed by atoms with E-state index in [1.54, 1.807) is 14.2 Å². The molecule has 0 saturated carbocycles. The van der Waals surface area contributed by atoms with E-state index in [2.05, 4.69) is 39.8 Å². The molecule has 1 heterocycles. The third-order valence-corrected chi connectivity index (χ3v) is 5.07. The molecule has 0 aromatic heterocycles. The number of ether oxygens (including phenoxy) is 1. The summed E-state index contributed by atoms with van der Waals surface area (Å²) in [7, 11) is 3.35. The van der Waals surface area contributed by atoms with Gasteiger partial charge in [-0.05, 0) is 30.5 Å². The molecule has 2 aromatic carbocycles. The van der Waals surface area contributed by atoms with Gasteiger partial charge in [0, 0.05) is 38.4 Å². The highest BCUT2D eigenvalue weighted by molar-refractivity contribution is 5.89. The van der Waals surface area contributed by atoms with Gasteiger partial charge in [-0.2, -0.15) is 0 Å². The number of piperidine rings is 1. The van der Waals surface area contributed by atoms with Gasteiger partial charge < -0.3 is 15.4 Å². The summed E-state index contributed by atoms with van der Waals surface area (Å²) in [4.78, 5) is 15.1. The molecule has 2 N–H and O–H groups in total. The van der Waals surface area contributed by atoms with Crippen LogP contribution in [0.3, 0.4) is 0 Å². The highest BCUT2D eigenvalue weighted by atomic mass is 16.5. The number of hydrogen-bond acceptors (Lipinski definition) is 4. The van der Waals surface area contributed by atoms with Gasteiger partial charge in [-0.15, -0.1) is 0 Å². The Labute approximate surface area is 155 Å². The van der Waals surface area contributed by atoms with Gasteiger partial charge in [0.25, 0.3) is 0 Å². The maximum atomic E-state index is 12.7. The molecule has 5 nitrogen and oxygen atoms in total. The van der Waals surface area contributed by atoms with Crippen LogP contribution in [-0.2, 0) is 11.3 Å². The summed E-state index contributed by atoms with van der Waals surface area (Å²) in [6.07, 6.45) is 1.52. The standard InChI is InChI=1S/C21H27N3O2/c1-22-20(25)21(23-18-9-6-10-19(15-18)26-2)11-13-24(14-12-21)16-17-7-4-3-5-8-17/h3-10,15,23H,11-14,16H2,1-2H3,(H,22,25). The molecule has 0 atom stereocenters. The van der Waals surface area contributed by atoms with Crippen LogP contribution in [0, 0.1) is 0 Å². The Morgan fingerprint density at radius 1 is 1.12 bits per heavy atom. The highest BCUT2D eigenvalue weighted by Crippen LogP contribution is 2.29. The molecule has 0 bridgehead atoms. The molecular formula is C21H27N3O2. The molecule has 0 radical (unpaired) electrons. The van der Waals surface area contributed by atoms with E-state index >= 15 is 0 Å². The average molecular weight is 353 g/mol. The lowest BCUT2D eigenvalue weighted by atomic mass is 9.85. The molecule has 2 aromatic rings. The average Bonchev–Trinajstić information content (AvgIpc) is 2.70. The number of methoxy groups -OCH3 is 1. The van der Waals surface area contributed by atoms with Gasteiger partial charge >= 0.3 is 0 Å². The molecule has 0 spiro atoms. The molecule has 1 aliphatic heterocycles.